The molecule has 1 fully saturated rings. The molecule has 168 valence electrons. The zero-order chi connectivity index (χ0) is 22.6. The van der Waals surface area contributed by atoms with E-state index in [9.17, 15) is 9.90 Å². The molecule has 0 saturated heterocycles. The number of hydrogen-bond donors (Lipinski definition) is 2. The van der Waals surface area contributed by atoms with E-state index < -0.39 is 5.60 Å². The van der Waals surface area contributed by atoms with Gasteiger partial charge in [-0.05, 0) is 95.2 Å². The van der Waals surface area contributed by atoms with Crippen LogP contribution >= 0.6 is 0 Å². The van der Waals surface area contributed by atoms with Crippen LogP contribution in [0.4, 0.5) is 10.5 Å². The Morgan fingerprint density at radius 2 is 1.68 bits per heavy atom. The normalized spacial score (nSPS) is 19.0. The van der Waals surface area contributed by atoms with Crippen LogP contribution in [0.3, 0.4) is 0 Å². The Kier molecular flexibility index (Phi) is 7.14. The summed E-state index contributed by atoms with van der Waals surface area (Å²) in [6, 6.07) is 14.6. The van der Waals surface area contributed by atoms with Crippen molar-refractivity contribution in [2.75, 3.05) is 11.4 Å². The van der Waals surface area contributed by atoms with E-state index in [2.05, 4.69) is 42.3 Å². The summed E-state index contributed by atoms with van der Waals surface area (Å²) in [4.78, 5) is 14.6. The van der Waals surface area contributed by atoms with Crippen molar-refractivity contribution in [1.82, 2.24) is 5.32 Å². The highest BCUT2D eigenvalue weighted by molar-refractivity contribution is 5.71. The predicted molar refractivity (Wildman–Crippen MR) is 127 cm³/mol. The van der Waals surface area contributed by atoms with Gasteiger partial charge in [-0.25, -0.2) is 4.79 Å². The molecule has 0 atom stereocenters. The molecule has 31 heavy (non-hydrogen) atoms. The lowest BCUT2D eigenvalue weighted by molar-refractivity contribution is 0.0491. The van der Waals surface area contributed by atoms with Crippen LogP contribution in [-0.4, -0.2) is 35.4 Å². The van der Waals surface area contributed by atoms with Gasteiger partial charge in [0.25, 0.3) is 0 Å². The van der Waals surface area contributed by atoms with Crippen LogP contribution in [0.15, 0.2) is 42.5 Å². The van der Waals surface area contributed by atoms with E-state index in [1.165, 1.54) is 11.3 Å². The maximum Gasteiger partial charge on any atom is 0.407 e. The molecule has 0 aliphatic heterocycles. The molecule has 3 rings (SSSR count). The van der Waals surface area contributed by atoms with Gasteiger partial charge in [0, 0.05) is 24.3 Å². The van der Waals surface area contributed by atoms with E-state index >= 15 is 0 Å². The molecular weight excluding hydrogens is 388 g/mol. The monoisotopic (exact) mass is 424 g/mol. The molecular formula is C26H36N2O3. The lowest BCUT2D eigenvalue weighted by Crippen LogP contribution is -2.45. The number of nitrogens with one attached hydrogen (secondary N) is 1. The van der Waals surface area contributed by atoms with Crippen LogP contribution in [0.2, 0.25) is 0 Å². The highest BCUT2D eigenvalue weighted by Crippen LogP contribution is 2.33. The van der Waals surface area contributed by atoms with Crippen molar-refractivity contribution in [3.8, 4) is 16.9 Å². The minimum absolute atomic E-state index is 0.175. The summed E-state index contributed by atoms with van der Waals surface area (Å²) < 4.78 is 5.41. The molecule has 0 heterocycles. The van der Waals surface area contributed by atoms with E-state index in [0.29, 0.717) is 6.04 Å². The number of ether oxygens (including phenoxy) is 1. The first kappa shape index (κ1) is 23.0. The van der Waals surface area contributed by atoms with Crippen molar-refractivity contribution < 1.29 is 14.6 Å². The van der Waals surface area contributed by atoms with Crippen LogP contribution in [0, 0.1) is 6.92 Å². The van der Waals surface area contributed by atoms with Crippen molar-refractivity contribution in [3.63, 3.8) is 0 Å². The minimum atomic E-state index is -0.472. The molecule has 1 aliphatic rings. The highest BCUT2D eigenvalue weighted by atomic mass is 16.6. The summed E-state index contributed by atoms with van der Waals surface area (Å²) >= 11 is 0. The largest absolute Gasteiger partial charge is 0.508 e. The van der Waals surface area contributed by atoms with E-state index in [0.717, 1.165) is 43.4 Å². The van der Waals surface area contributed by atoms with Gasteiger partial charge >= 0.3 is 6.09 Å². The number of alkyl carbamates (subject to hydrolysis) is 1. The second kappa shape index (κ2) is 9.63. The summed E-state index contributed by atoms with van der Waals surface area (Å²) in [6.07, 6.45) is 3.67. The Hall–Kier alpha value is -2.69. The molecule has 2 aromatic carbocycles. The molecule has 0 bridgehead atoms. The third kappa shape index (κ3) is 6.16. The third-order valence-electron chi connectivity index (χ3n) is 5.92. The quantitative estimate of drug-likeness (QED) is 0.615. The van der Waals surface area contributed by atoms with Gasteiger partial charge in [0.1, 0.15) is 11.4 Å². The summed E-state index contributed by atoms with van der Waals surface area (Å²) in [5, 5.41) is 12.6. The van der Waals surface area contributed by atoms with Crippen molar-refractivity contribution in [1.29, 1.82) is 0 Å². The number of phenolic OH excluding ortho intramolecular Hbond substituents is 1. The van der Waals surface area contributed by atoms with E-state index in [1.807, 2.05) is 32.9 Å². The highest BCUT2D eigenvalue weighted by Gasteiger charge is 2.28. The zero-order valence-electron chi connectivity index (χ0n) is 19.4. The summed E-state index contributed by atoms with van der Waals surface area (Å²) in [6.45, 7) is 11.0. The predicted octanol–water partition coefficient (Wildman–Crippen LogP) is 6.03. The van der Waals surface area contributed by atoms with Crippen LogP contribution in [0.1, 0.15) is 58.9 Å². The fraction of sp³-hybridized carbons (Fsp3) is 0.500. The van der Waals surface area contributed by atoms with Crippen LogP contribution in [-0.2, 0) is 4.74 Å². The molecule has 5 nitrogen and oxygen atoms in total. The van der Waals surface area contributed by atoms with Gasteiger partial charge in [-0.3, -0.25) is 0 Å². The lowest BCUT2D eigenvalue weighted by Gasteiger charge is -2.39. The first-order chi connectivity index (χ1) is 14.7. The first-order valence-corrected chi connectivity index (χ1v) is 11.3. The zero-order valence-corrected chi connectivity index (χ0v) is 19.4. The molecule has 2 N–H and O–H groups in total. The standard InChI is InChI=1S/C26H36N2O3/c1-6-28(22-13-11-21(12-14-22)27-25(30)31-26(3,4)5)24-17-20(8-7-18(24)2)19-9-15-23(29)16-10-19/h7-10,15-17,21-22,29H,6,11-14H2,1-5H3,(H,27,30). The molecule has 0 radical (unpaired) electrons. The van der Waals surface area contributed by atoms with Gasteiger partial charge in [0.15, 0.2) is 0 Å². The SMILES string of the molecule is CCN(c1cc(-c2ccc(O)cc2)ccc1C)C1CCC(NC(=O)OC(C)(C)C)CC1. The van der Waals surface area contributed by atoms with Crippen LogP contribution in [0.5, 0.6) is 5.75 Å². The number of anilines is 1. The molecule has 1 amide bonds. The number of benzene rings is 2. The Labute approximate surface area is 186 Å². The number of carbonyl (C=O) groups is 1. The molecule has 2 aromatic rings. The molecule has 1 aliphatic carbocycles. The summed E-state index contributed by atoms with van der Waals surface area (Å²) in [5.74, 6) is 0.281. The fourth-order valence-electron chi connectivity index (χ4n) is 4.38. The maximum atomic E-state index is 12.1. The second-order valence-corrected chi connectivity index (χ2v) is 9.49. The fourth-order valence-corrected chi connectivity index (χ4v) is 4.38. The number of hydrogen-bond acceptors (Lipinski definition) is 4. The molecule has 5 heteroatoms. The molecule has 0 spiro atoms. The number of carbonyl (C=O) groups excluding carboxylic acids is 1. The number of aromatic hydroxyl groups is 1. The van der Waals surface area contributed by atoms with Gasteiger partial charge in [-0.1, -0.05) is 24.3 Å². The maximum absolute atomic E-state index is 12.1. The molecule has 0 unspecified atom stereocenters. The number of aryl methyl sites for hydroxylation is 1. The van der Waals surface area contributed by atoms with Gasteiger partial charge in [-0.2, -0.15) is 0 Å². The van der Waals surface area contributed by atoms with Crippen molar-refractivity contribution in [2.45, 2.75) is 78.0 Å². The van der Waals surface area contributed by atoms with Crippen molar-refractivity contribution in [2.24, 2.45) is 0 Å². The minimum Gasteiger partial charge on any atom is -0.508 e. The van der Waals surface area contributed by atoms with Gasteiger partial charge in [0.2, 0.25) is 0 Å². The number of rotatable bonds is 5. The summed E-state index contributed by atoms with van der Waals surface area (Å²) in [5.41, 5.74) is 4.30. The van der Waals surface area contributed by atoms with Crippen LogP contribution in [0.25, 0.3) is 11.1 Å². The van der Waals surface area contributed by atoms with Gasteiger partial charge in [0.05, 0.1) is 0 Å². The van der Waals surface area contributed by atoms with E-state index in [-0.39, 0.29) is 17.9 Å². The van der Waals surface area contributed by atoms with Crippen LogP contribution < -0.4 is 10.2 Å². The Bertz CT molecular complexity index is 879. The van der Waals surface area contributed by atoms with Crippen molar-refractivity contribution in [3.05, 3.63) is 48.0 Å². The smallest absolute Gasteiger partial charge is 0.407 e. The van der Waals surface area contributed by atoms with E-state index in [4.69, 9.17) is 4.74 Å². The number of phenols is 1. The topological polar surface area (TPSA) is 61.8 Å². The average Bonchev–Trinajstić information content (AvgIpc) is 2.70. The van der Waals surface area contributed by atoms with Crippen molar-refractivity contribution >= 4 is 11.8 Å². The third-order valence-corrected chi connectivity index (χ3v) is 5.92. The summed E-state index contributed by atoms with van der Waals surface area (Å²) in [7, 11) is 0. The number of amides is 1. The Morgan fingerprint density at radius 3 is 2.26 bits per heavy atom. The van der Waals surface area contributed by atoms with Gasteiger partial charge < -0.3 is 20.1 Å². The molecule has 0 aromatic heterocycles. The second-order valence-electron chi connectivity index (χ2n) is 9.49. The Morgan fingerprint density at radius 1 is 1.06 bits per heavy atom. The van der Waals surface area contributed by atoms with E-state index in [1.54, 1.807) is 12.1 Å². The first-order valence-electron chi connectivity index (χ1n) is 11.3. The average molecular weight is 425 g/mol. The molecule has 1 saturated carbocycles. The number of nitrogens with zero attached hydrogens (tertiary/aromatic N) is 1. The Balaban J connectivity index is 1.68. The van der Waals surface area contributed by atoms with Gasteiger partial charge in [-0.15, -0.1) is 0 Å². The lowest BCUT2D eigenvalue weighted by atomic mass is 9.89.